The molecule has 0 radical (unpaired) electrons. The summed E-state index contributed by atoms with van der Waals surface area (Å²) in [6.07, 6.45) is 3.90. The van der Waals surface area contributed by atoms with Crippen molar-refractivity contribution in [2.45, 2.75) is 25.7 Å². The average Bonchev–Trinajstić information content (AvgIpc) is 2.54. The zero-order valence-electron chi connectivity index (χ0n) is 12.0. The second-order valence-corrected chi connectivity index (χ2v) is 5.41. The number of carbonyl (C=O) groups is 1. The Morgan fingerprint density at radius 2 is 1.95 bits per heavy atom. The first-order valence-electron chi connectivity index (χ1n) is 7.33. The van der Waals surface area contributed by atoms with E-state index < -0.39 is 0 Å². The van der Waals surface area contributed by atoms with Gasteiger partial charge in [0.2, 0.25) is 5.91 Å². The molecule has 1 aliphatic carbocycles. The Bertz CT molecular complexity index is 499. The van der Waals surface area contributed by atoms with Crippen LogP contribution in [0.3, 0.4) is 0 Å². The van der Waals surface area contributed by atoms with Crippen molar-refractivity contribution in [1.29, 1.82) is 5.26 Å². The molecule has 1 fully saturated rings. The first-order valence-corrected chi connectivity index (χ1v) is 7.33. The van der Waals surface area contributed by atoms with Gasteiger partial charge >= 0.3 is 0 Å². The quantitative estimate of drug-likeness (QED) is 0.869. The maximum atomic E-state index is 12.2. The van der Waals surface area contributed by atoms with Gasteiger partial charge in [-0.05, 0) is 62.4 Å². The normalized spacial score (nSPS) is 21.3. The van der Waals surface area contributed by atoms with Gasteiger partial charge in [0.25, 0.3) is 0 Å². The maximum Gasteiger partial charge on any atom is 0.227 e. The fourth-order valence-corrected chi connectivity index (χ4v) is 2.65. The third-order valence-electron chi connectivity index (χ3n) is 3.98. The van der Waals surface area contributed by atoms with Crippen LogP contribution in [-0.2, 0) is 4.79 Å². The summed E-state index contributed by atoms with van der Waals surface area (Å²) in [4.78, 5) is 12.2. The lowest BCUT2D eigenvalue weighted by Gasteiger charge is -2.26. The van der Waals surface area contributed by atoms with Crippen LogP contribution in [0.2, 0.25) is 0 Å². The molecule has 1 saturated carbocycles. The van der Waals surface area contributed by atoms with Crippen LogP contribution in [0, 0.1) is 23.2 Å². The molecule has 1 aliphatic rings. The number of nitrogens with one attached hydrogen (secondary N) is 1. The standard InChI is InChI=1S/C16H21N3O2/c17-9-10-21-15-7-5-14(6-8-15)19-16(20)13-3-1-12(11-18)2-4-13/h5-8,12-13H,1-4,10-11,18H2,(H,19,20). The van der Waals surface area contributed by atoms with E-state index in [0.717, 1.165) is 37.9 Å². The summed E-state index contributed by atoms with van der Waals surface area (Å²) >= 11 is 0. The van der Waals surface area contributed by atoms with Crippen LogP contribution >= 0.6 is 0 Å². The van der Waals surface area contributed by atoms with Crippen molar-refractivity contribution >= 4 is 11.6 Å². The summed E-state index contributed by atoms with van der Waals surface area (Å²) in [6.45, 7) is 0.745. The van der Waals surface area contributed by atoms with Crippen molar-refractivity contribution in [2.75, 3.05) is 18.5 Å². The lowest BCUT2D eigenvalue weighted by Crippen LogP contribution is -2.29. The number of rotatable bonds is 5. The second kappa shape index (κ2) is 7.65. The third-order valence-corrected chi connectivity index (χ3v) is 3.98. The molecule has 0 heterocycles. The van der Waals surface area contributed by atoms with E-state index in [1.54, 1.807) is 24.3 Å². The van der Waals surface area contributed by atoms with Gasteiger partial charge in [-0.3, -0.25) is 4.79 Å². The minimum atomic E-state index is 0.0239. The zero-order chi connectivity index (χ0) is 15.1. The molecule has 3 N–H and O–H groups in total. The number of nitriles is 1. The van der Waals surface area contributed by atoms with E-state index in [2.05, 4.69) is 5.32 Å². The molecule has 0 atom stereocenters. The molecule has 112 valence electrons. The van der Waals surface area contributed by atoms with Crippen molar-refractivity contribution in [3.63, 3.8) is 0 Å². The molecule has 1 amide bonds. The van der Waals surface area contributed by atoms with Gasteiger partial charge in [-0.2, -0.15) is 5.26 Å². The lowest BCUT2D eigenvalue weighted by molar-refractivity contribution is -0.121. The number of nitrogens with zero attached hydrogens (tertiary/aromatic N) is 1. The van der Waals surface area contributed by atoms with E-state index >= 15 is 0 Å². The van der Waals surface area contributed by atoms with Gasteiger partial charge in [0.05, 0.1) is 0 Å². The number of anilines is 1. The Hall–Kier alpha value is -2.06. The number of carbonyl (C=O) groups excluding carboxylic acids is 1. The van der Waals surface area contributed by atoms with Crippen molar-refractivity contribution in [2.24, 2.45) is 17.6 Å². The minimum absolute atomic E-state index is 0.0239. The van der Waals surface area contributed by atoms with Gasteiger partial charge in [-0.1, -0.05) is 0 Å². The van der Waals surface area contributed by atoms with Gasteiger partial charge in [0, 0.05) is 11.6 Å². The van der Waals surface area contributed by atoms with E-state index in [4.69, 9.17) is 15.7 Å². The number of hydrogen-bond acceptors (Lipinski definition) is 4. The summed E-state index contributed by atoms with van der Waals surface area (Å²) < 4.78 is 5.17. The topological polar surface area (TPSA) is 88.1 Å². The molecule has 0 saturated heterocycles. The monoisotopic (exact) mass is 287 g/mol. The molecular formula is C16H21N3O2. The molecule has 1 aromatic rings. The van der Waals surface area contributed by atoms with Gasteiger partial charge in [-0.25, -0.2) is 0 Å². The van der Waals surface area contributed by atoms with Gasteiger partial charge in [0.1, 0.15) is 11.8 Å². The Kier molecular flexibility index (Phi) is 5.59. The highest BCUT2D eigenvalue weighted by atomic mass is 16.5. The summed E-state index contributed by atoms with van der Waals surface area (Å²) in [5.41, 5.74) is 6.42. The molecule has 0 spiro atoms. The van der Waals surface area contributed by atoms with Gasteiger partial charge in [0.15, 0.2) is 6.61 Å². The Balaban J connectivity index is 1.84. The van der Waals surface area contributed by atoms with Crippen LogP contribution in [0.15, 0.2) is 24.3 Å². The van der Waals surface area contributed by atoms with Gasteiger partial charge < -0.3 is 15.8 Å². The third kappa shape index (κ3) is 4.47. The summed E-state index contributed by atoms with van der Waals surface area (Å²) in [5, 5.41) is 11.4. The van der Waals surface area contributed by atoms with Gasteiger partial charge in [-0.15, -0.1) is 0 Å². The fourth-order valence-electron chi connectivity index (χ4n) is 2.65. The Morgan fingerprint density at radius 3 is 2.52 bits per heavy atom. The van der Waals surface area contributed by atoms with Crippen LogP contribution in [0.25, 0.3) is 0 Å². The number of benzene rings is 1. The SMILES string of the molecule is N#CCOc1ccc(NC(=O)C2CCC(CN)CC2)cc1. The number of amides is 1. The minimum Gasteiger partial charge on any atom is -0.479 e. The van der Waals surface area contributed by atoms with Crippen molar-refractivity contribution in [3.8, 4) is 11.8 Å². The Labute approximate surface area is 125 Å². The maximum absolute atomic E-state index is 12.2. The number of nitrogens with two attached hydrogens (primary N) is 1. The highest BCUT2D eigenvalue weighted by Crippen LogP contribution is 2.29. The number of ether oxygens (including phenoxy) is 1. The van der Waals surface area contributed by atoms with Crippen LogP contribution in [-0.4, -0.2) is 19.1 Å². The number of hydrogen-bond donors (Lipinski definition) is 2. The smallest absolute Gasteiger partial charge is 0.227 e. The molecule has 5 heteroatoms. The molecule has 1 aromatic carbocycles. The first kappa shape index (κ1) is 15.3. The van der Waals surface area contributed by atoms with Crippen LogP contribution in [0.1, 0.15) is 25.7 Å². The second-order valence-electron chi connectivity index (χ2n) is 5.41. The molecule has 0 aromatic heterocycles. The lowest BCUT2D eigenvalue weighted by atomic mass is 9.81. The summed E-state index contributed by atoms with van der Waals surface area (Å²) in [6, 6.07) is 8.99. The highest BCUT2D eigenvalue weighted by molar-refractivity contribution is 5.92. The van der Waals surface area contributed by atoms with Crippen LogP contribution < -0.4 is 15.8 Å². The average molecular weight is 287 g/mol. The van der Waals surface area contributed by atoms with Crippen LogP contribution in [0.5, 0.6) is 5.75 Å². The molecule has 21 heavy (non-hydrogen) atoms. The predicted octanol–water partition coefficient (Wildman–Crippen LogP) is 2.29. The van der Waals surface area contributed by atoms with E-state index in [1.807, 2.05) is 6.07 Å². The van der Waals surface area contributed by atoms with E-state index in [-0.39, 0.29) is 18.4 Å². The van der Waals surface area contributed by atoms with Crippen molar-refractivity contribution in [1.82, 2.24) is 0 Å². The van der Waals surface area contributed by atoms with Crippen molar-refractivity contribution in [3.05, 3.63) is 24.3 Å². The van der Waals surface area contributed by atoms with Crippen molar-refractivity contribution < 1.29 is 9.53 Å². The predicted molar refractivity (Wildman–Crippen MR) is 80.7 cm³/mol. The summed E-state index contributed by atoms with van der Waals surface area (Å²) in [7, 11) is 0. The van der Waals surface area contributed by atoms with E-state index in [9.17, 15) is 4.79 Å². The molecule has 0 aliphatic heterocycles. The molecule has 5 nitrogen and oxygen atoms in total. The molecular weight excluding hydrogens is 266 g/mol. The fraction of sp³-hybridized carbons (Fsp3) is 0.500. The van der Waals surface area contributed by atoms with E-state index in [0.29, 0.717) is 11.7 Å². The molecule has 0 bridgehead atoms. The molecule has 2 rings (SSSR count). The first-order chi connectivity index (χ1) is 10.2. The van der Waals surface area contributed by atoms with Crippen LogP contribution in [0.4, 0.5) is 5.69 Å². The molecule has 0 unspecified atom stereocenters. The van der Waals surface area contributed by atoms with E-state index in [1.165, 1.54) is 0 Å². The highest BCUT2D eigenvalue weighted by Gasteiger charge is 2.25. The largest absolute Gasteiger partial charge is 0.479 e. The zero-order valence-corrected chi connectivity index (χ0v) is 12.0. The Morgan fingerprint density at radius 1 is 1.29 bits per heavy atom. The summed E-state index contributed by atoms with van der Waals surface area (Å²) in [5.74, 6) is 1.36.